The number of hydrogen-bond acceptors (Lipinski definition) is 4. The summed E-state index contributed by atoms with van der Waals surface area (Å²) in [6.45, 7) is 1.47. The first-order valence-corrected chi connectivity index (χ1v) is 7.24. The van der Waals surface area contributed by atoms with Crippen LogP contribution < -0.4 is 5.32 Å². The molecule has 1 N–H and O–H groups in total. The van der Waals surface area contributed by atoms with Crippen molar-refractivity contribution in [3.8, 4) is 0 Å². The maximum atomic E-state index is 13.4. The van der Waals surface area contributed by atoms with Crippen molar-refractivity contribution in [3.63, 3.8) is 0 Å². The van der Waals surface area contributed by atoms with E-state index in [-0.39, 0.29) is 24.1 Å². The van der Waals surface area contributed by atoms with Crippen LogP contribution in [0.15, 0.2) is 30.7 Å². The van der Waals surface area contributed by atoms with Gasteiger partial charge in [0.05, 0.1) is 36.6 Å². The fourth-order valence-corrected chi connectivity index (χ4v) is 2.43. The fourth-order valence-electron chi connectivity index (χ4n) is 2.43. The van der Waals surface area contributed by atoms with Gasteiger partial charge >= 0.3 is 0 Å². The molecular formula is C15H17FN4O2. The quantitative estimate of drug-likeness (QED) is 0.914. The summed E-state index contributed by atoms with van der Waals surface area (Å²) in [5.41, 5.74) is 0.714. The summed E-state index contributed by atoms with van der Waals surface area (Å²) in [4.78, 5) is 15.8. The van der Waals surface area contributed by atoms with Gasteiger partial charge in [-0.25, -0.2) is 4.39 Å². The number of hydrogen-bond donors (Lipinski definition) is 1. The van der Waals surface area contributed by atoms with Crippen molar-refractivity contribution in [1.29, 1.82) is 0 Å². The van der Waals surface area contributed by atoms with E-state index in [1.165, 1.54) is 18.3 Å². The Kier molecular flexibility index (Phi) is 4.43. The first kappa shape index (κ1) is 14.6. The van der Waals surface area contributed by atoms with Crippen molar-refractivity contribution in [2.45, 2.75) is 31.9 Å². The molecule has 0 saturated carbocycles. The van der Waals surface area contributed by atoms with Crippen molar-refractivity contribution >= 4 is 11.6 Å². The third-order valence-corrected chi connectivity index (χ3v) is 3.49. The van der Waals surface area contributed by atoms with Crippen molar-refractivity contribution in [2.75, 3.05) is 11.9 Å². The van der Waals surface area contributed by atoms with Crippen molar-refractivity contribution in [3.05, 3.63) is 42.2 Å². The normalized spacial score (nSPS) is 17.6. The van der Waals surface area contributed by atoms with Crippen molar-refractivity contribution in [2.24, 2.45) is 0 Å². The molecule has 1 saturated heterocycles. The van der Waals surface area contributed by atoms with E-state index in [9.17, 15) is 9.18 Å². The maximum absolute atomic E-state index is 13.4. The van der Waals surface area contributed by atoms with E-state index in [2.05, 4.69) is 15.4 Å². The van der Waals surface area contributed by atoms with Gasteiger partial charge in [0, 0.05) is 19.0 Å². The zero-order chi connectivity index (χ0) is 15.4. The summed E-state index contributed by atoms with van der Waals surface area (Å²) in [6, 6.07) is 2.78. The number of ether oxygens (including phenoxy) is 1. The first-order valence-electron chi connectivity index (χ1n) is 7.24. The SMILES string of the molecule is O=C(Cc1ncccc1F)Nc1cnn(CC2CCCO2)c1. The minimum absolute atomic E-state index is 0.108. The molecule has 2 aromatic rings. The Hall–Kier alpha value is -2.28. The van der Waals surface area contributed by atoms with Gasteiger partial charge in [0.25, 0.3) is 0 Å². The Labute approximate surface area is 127 Å². The number of carbonyl (C=O) groups excluding carboxylic acids is 1. The molecule has 3 rings (SSSR count). The van der Waals surface area contributed by atoms with E-state index in [1.54, 1.807) is 17.1 Å². The lowest BCUT2D eigenvalue weighted by Crippen LogP contribution is -2.16. The summed E-state index contributed by atoms with van der Waals surface area (Å²) < 4.78 is 20.7. The van der Waals surface area contributed by atoms with Crippen LogP contribution in [0.5, 0.6) is 0 Å². The van der Waals surface area contributed by atoms with Crippen LogP contribution in [-0.2, 0) is 22.5 Å². The molecule has 1 unspecified atom stereocenters. The van der Waals surface area contributed by atoms with Crippen LogP contribution in [0.2, 0.25) is 0 Å². The number of anilines is 1. The van der Waals surface area contributed by atoms with Gasteiger partial charge in [0.15, 0.2) is 0 Å². The number of nitrogens with zero attached hydrogens (tertiary/aromatic N) is 3. The summed E-state index contributed by atoms with van der Waals surface area (Å²) >= 11 is 0. The molecule has 116 valence electrons. The zero-order valence-electron chi connectivity index (χ0n) is 12.0. The highest BCUT2D eigenvalue weighted by atomic mass is 19.1. The predicted octanol–water partition coefficient (Wildman–Crippen LogP) is 1.78. The molecule has 3 heterocycles. The van der Waals surface area contributed by atoms with E-state index in [0.717, 1.165) is 19.4 Å². The van der Waals surface area contributed by atoms with Gasteiger partial charge in [-0.2, -0.15) is 5.10 Å². The summed E-state index contributed by atoms with van der Waals surface area (Å²) in [5.74, 6) is -0.805. The monoisotopic (exact) mass is 304 g/mol. The molecule has 1 fully saturated rings. The van der Waals surface area contributed by atoms with Crippen LogP contribution in [0.4, 0.5) is 10.1 Å². The number of pyridine rings is 1. The topological polar surface area (TPSA) is 69.0 Å². The Morgan fingerprint density at radius 1 is 1.55 bits per heavy atom. The van der Waals surface area contributed by atoms with Crippen LogP contribution in [-0.4, -0.2) is 33.4 Å². The number of carbonyl (C=O) groups is 1. The standard InChI is InChI=1S/C15H17FN4O2/c16-13-4-1-5-17-14(13)7-15(21)19-11-8-18-20(9-11)10-12-3-2-6-22-12/h1,4-5,8-9,12H,2-3,6-7,10H2,(H,19,21). The van der Waals surface area contributed by atoms with E-state index in [4.69, 9.17) is 4.74 Å². The van der Waals surface area contributed by atoms with Crippen molar-refractivity contribution in [1.82, 2.24) is 14.8 Å². The molecule has 6 nitrogen and oxygen atoms in total. The molecule has 1 amide bonds. The van der Waals surface area contributed by atoms with Gasteiger partial charge in [-0.1, -0.05) is 0 Å². The fraction of sp³-hybridized carbons (Fsp3) is 0.400. The van der Waals surface area contributed by atoms with Gasteiger partial charge < -0.3 is 10.1 Å². The second-order valence-corrected chi connectivity index (χ2v) is 5.24. The lowest BCUT2D eigenvalue weighted by atomic mass is 10.2. The lowest BCUT2D eigenvalue weighted by Gasteiger charge is -2.08. The van der Waals surface area contributed by atoms with Crippen LogP contribution in [0.1, 0.15) is 18.5 Å². The number of rotatable bonds is 5. The van der Waals surface area contributed by atoms with Gasteiger partial charge in [-0.3, -0.25) is 14.5 Å². The number of halogens is 1. The Bertz CT molecular complexity index is 652. The molecule has 0 radical (unpaired) electrons. The molecule has 7 heteroatoms. The molecule has 0 spiro atoms. The third kappa shape index (κ3) is 3.67. The van der Waals surface area contributed by atoms with Crippen molar-refractivity contribution < 1.29 is 13.9 Å². The summed E-state index contributed by atoms with van der Waals surface area (Å²) in [7, 11) is 0. The number of aromatic nitrogens is 3. The lowest BCUT2D eigenvalue weighted by molar-refractivity contribution is -0.115. The van der Waals surface area contributed by atoms with Crippen LogP contribution in [0.25, 0.3) is 0 Å². The summed E-state index contributed by atoms with van der Waals surface area (Å²) in [5, 5.41) is 6.88. The number of amides is 1. The molecule has 1 aliphatic rings. The highest BCUT2D eigenvalue weighted by Gasteiger charge is 2.16. The zero-order valence-corrected chi connectivity index (χ0v) is 12.0. The van der Waals surface area contributed by atoms with E-state index < -0.39 is 5.82 Å². The largest absolute Gasteiger partial charge is 0.376 e. The third-order valence-electron chi connectivity index (χ3n) is 3.49. The van der Waals surface area contributed by atoms with Crippen LogP contribution in [0, 0.1) is 5.82 Å². The molecule has 1 aliphatic heterocycles. The van der Waals surface area contributed by atoms with E-state index >= 15 is 0 Å². The first-order chi connectivity index (χ1) is 10.7. The molecule has 1 atom stereocenters. The molecule has 0 bridgehead atoms. The molecular weight excluding hydrogens is 287 g/mol. The second kappa shape index (κ2) is 6.65. The second-order valence-electron chi connectivity index (χ2n) is 5.24. The highest BCUT2D eigenvalue weighted by Crippen LogP contribution is 2.15. The Morgan fingerprint density at radius 3 is 3.23 bits per heavy atom. The molecule has 0 aliphatic carbocycles. The summed E-state index contributed by atoms with van der Waals surface area (Å²) in [6.07, 6.45) is 6.96. The Morgan fingerprint density at radius 2 is 2.45 bits per heavy atom. The number of nitrogens with one attached hydrogen (secondary N) is 1. The molecule has 2 aromatic heterocycles. The molecule has 22 heavy (non-hydrogen) atoms. The molecule has 0 aromatic carbocycles. The smallest absolute Gasteiger partial charge is 0.230 e. The van der Waals surface area contributed by atoms with Gasteiger partial charge in [-0.05, 0) is 25.0 Å². The van der Waals surface area contributed by atoms with Gasteiger partial charge in [0.2, 0.25) is 5.91 Å². The minimum Gasteiger partial charge on any atom is -0.376 e. The highest BCUT2D eigenvalue weighted by molar-refractivity contribution is 5.91. The predicted molar refractivity (Wildman–Crippen MR) is 77.7 cm³/mol. The van der Waals surface area contributed by atoms with E-state index in [1.807, 2.05) is 0 Å². The average Bonchev–Trinajstić information content (AvgIpc) is 3.14. The van der Waals surface area contributed by atoms with Crippen LogP contribution >= 0.6 is 0 Å². The van der Waals surface area contributed by atoms with Gasteiger partial charge in [-0.15, -0.1) is 0 Å². The van der Waals surface area contributed by atoms with E-state index in [0.29, 0.717) is 12.2 Å². The average molecular weight is 304 g/mol. The maximum Gasteiger partial charge on any atom is 0.230 e. The Balaban J connectivity index is 1.55. The van der Waals surface area contributed by atoms with Gasteiger partial charge in [0.1, 0.15) is 5.82 Å². The minimum atomic E-state index is -0.480. The van der Waals surface area contributed by atoms with Crippen LogP contribution in [0.3, 0.4) is 0 Å².